The Morgan fingerprint density at radius 1 is 0.500 bits per heavy atom. The van der Waals surface area contributed by atoms with Crippen LogP contribution in [0.1, 0.15) is 128 Å². The first-order valence-corrected chi connectivity index (χ1v) is 38.2. The molecule has 7 aliphatic heterocycles. The Balaban J connectivity index is 0.858. The topological polar surface area (TPSA) is 571 Å². The molecular formula is C73H114O37. The van der Waals surface area contributed by atoms with Gasteiger partial charge in [0.2, 0.25) is 6.29 Å². The lowest BCUT2D eigenvalue weighted by molar-refractivity contribution is -0.391. The van der Waals surface area contributed by atoms with E-state index in [1.54, 1.807) is 6.92 Å². The average Bonchev–Trinajstić information content (AvgIpc) is 0.666. The van der Waals surface area contributed by atoms with E-state index in [1.807, 2.05) is 6.92 Å². The molecule has 0 spiro atoms. The number of carbonyl (C=O) groups excluding carboxylic acids is 3. The number of hydrogen-bond donors (Lipinski definition) is 18. The second-order valence-corrected chi connectivity index (χ2v) is 34.5. The van der Waals surface area contributed by atoms with Crippen LogP contribution in [0.3, 0.4) is 0 Å². The fraction of sp³-hybridized carbons (Fsp3) is 0.918. The van der Waals surface area contributed by atoms with E-state index in [4.69, 9.17) is 71.1 Å². The molecule has 5 aliphatic carbocycles. The summed E-state index contributed by atoms with van der Waals surface area (Å²) in [5, 5.41) is 199. The molecule has 12 aliphatic rings. The Kier molecular flexibility index (Phi) is 25.1. The summed E-state index contributed by atoms with van der Waals surface area (Å²) < 4.78 is 91.9. The predicted octanol–water partition coefficient (Wildman–Crippen LogP) is -5.14. The average molecular weight is 1580 g/mol. The van der Waals surface area contributed by atoms with Crippen LogP contribution in [0.25, 0.3) is 0 Å². The van der Waals surface area contributed by atoms with Crippen molar-refractivity contribution in [3.8, 4) is 0 Å². The largest absolute Gasteiger partial charge is 0.479 e. The molecule has 0 bridgehead atoms. The monoisotopic (exact) mass is 1580 g/mol. The number of esters is 2. The van der Waals surface area contributed by atoms with E-state index in [-0.39, 0.29) is 25.2 Å². The number of aliphatic hydroxyl groups is 17. The smallest absolute Gasteiger partial charge is 0.335 e. The molecule has 37 nitrogen and oxygen atoms in total. The van der Waals surface area contributed by atoms with Crippen molar-refractivity contribution >= 4 is 24.2 Å². The summed E-state index contributed by atoms with van der Waals surface area (Å²) in [7, 11) is 0. The molecule has 11 fully saturated rings. The first-order chi connectivity index (χ1) is 51.5. The maximum atomic E-state index is 16.4. The number of carbonyl (C=O) groups is 4. The quantitative estimate of drug-likeness (QED) is 0.0264. The van der Waals surface area contributed by atoms with Crippen LogP contribution in [0.5, 0.6) is 0 Å². The highest BCUT2D eigenvalue weighted by Crippen LogP contribution is 2.77. The SMILES string of the molecule is CC(=O)O[C@@H]1[C@H](O[C@@H]2O[C@@H](C)[C@H](O)[C@@H](O)[C@H]2O)[C@@H](O[C@@H]2O[C@@H](C)[C@H](O[C@@H]3OC[C@@H](O)[C@H](O)[C@H]3O)[C@@H](O)[C@H]2O)[C@H](OC(=O)[C@]23CCC(C)(C)[C@H](C)[C@H]2C2=CC[C@@H]4[C@@]5(C)CC[C@H](O[C@@H]6O[C@H](C(=O)O)[C@@H](O)[C@H](O[C@@H]7OC[C@@H](O)[C@H](O)[C@H]7O)[C@H]6O[C@@H]6O[C@H](CO)[C@H](O)[C@H](O)[C@H]6O)[C@@](C)(C=O)[C@@H]5CC[C@@]4(C)[C@]2(C)C[C@H]3O)O[C@@H]1C. The van der Waals surface area contributed by atoms with Gasteiger partial charge in [0, 0.05) is 12.8 Å². The molecular weight excluding hydrogens is 1470 g/mol. The summed E-state index contributed by atoms with van der Waals surface area (Å²) in [5.41, 5.74) is -5.31. The second-order valence-electron chi connectivity index (χ2n) is 34.5. The highest BCUT2D eigenvalue weighted by molar-refractivity contribution is 5.80. The minimum Gasteiger partial charge on any atom is -0.479 e. The van der Waals surface area contributed by atoms with Crippen LogP contribution in [-0.4, -0.2) is 351 Å². The van der Waals surface area contributed by atoms with Gasteiger partial charge < -0.3 is 168 Å². The fourth-order valence-corrected chi connectivity index (χ4v) is 20.8. The molecule has 110 heavy (non-hydrogen) atoms. The van der Waals surface area contributed by atoms with Crippen LogP contribution in [0.15, 0.2) is 11.6 Å². The van der Waals surface area contributed by atoms with Gasteiger partial charge in [0.15, 0.2) is 56.1 Å². The molecule has 4 saturated carbocycles. The van der Waals surface area contributed by atoms with Crippen LogP contribution in [-0.2, 0) is 90.2 Å². The van der Waals surface area contributed by atoms with Gasteiger partial charge in [0.05, 0.1) is 55.8 Å². The molecule has 7 heterocycles. The molecule has 18 N–H and O–H groups in total. The van der Waals surface area contributed by atoms with Gasteiger partial charge in [0.25, 0.3) is 0 Å². The number of rotatable bonds is 18. The van der Waals surface area contributed by atoms with E-state index in [2.05, 4.69) is 40.7 Å². The van der Waals surface area contributed by atoms with E-state index in [1.165, 1.54) is 20.8 Å². The first-order valence-electron chi connectivity index (χ1n) is 38.2. The maximum absolute atomic E-state index is 16.4. The zero-order chi connectivity index (χ0) is 80.6. The van der Waals surface area contributed by atoms with Crippen molar-refractivity contribution in [2.75, 3.05) is 19.8 Å². The normalized spacial score (nSPS) is 54.4. The minimum absolute atomic E-state index is 0.0197. The molecule has 44 atom stereocenters. The highest BCUT2D eigenvalue weighted by Gasteiger charge is 2.74. The van der Waals surface area contributed by atoms with E-state index < -0.39 is 303 Å². The molecule has 0 amide bonds. The Bertz CT molecular complexity index is 3280. The molecule has 0 radical (unpaired) electrons. The van der Waals surface area contributed by atoms with Crippen molar-refractivity contribution in [2.45, 2.75) is 342 Å². The van der Waals surface area contributed by atoms with Crippen molar-refractivity contribution < 1.29 is 182 Å². The number of aliphatic carboxylic acids is 1. The third-order valence-corrected chi connectivity index (χ3v) is 27.9. The Labute approximate surface area is 634 Å². The number of carboxylic acid groups (broad SMARTS) is 1. The second kappa shape index (κ2) is 32.2. The van der Waals surface area contributed by atoms with Crippen LogP contribution < -0.4 is 0 Å². The lowest BCUT2D eigenvalue weighted by atomic mass is 9.32. The third-order valence-electron chi connectivity index (χ3n) is 27.9. The van der Waals surface area contributed by atoms with Gasteiger partial charge in [0.1, 0.15) is 134 Å². The van der Waals surface area contributed by atoms with Crippen molar-refractivity contribution in [2.24, 2.45) is 56.2 Å². The van der Waals surface area contributed by atoms with Gasteiger partial charge in [-0.25, -0.2) is 4.79 Å². The number of carboxylic acids is 1. The first kappa shape index (κ1) is 86.0. The van der Waals surface area contributed by atoms with E-state index in [0.717, 1.165) is 18.8 Å². The third kappa shape index (κ3) is 14.6. The van der Waals surface area contributed by atoms with Crippen LogP contribution >= 0.6 is 0 Å². The molecule has 12 rings (SSSR count). The van der Waals surface area contributed by atoms with Crippen molar-refractivity contribution in [3.05, 3.63) is 11.6 Å². The highest BCUT2D eigenvalue weighted by atomic mass is 16.8. The molecule has 0 aromatic heterocycles. The number of aliphatic hydroxyl groups excluding tert-OH is 17. The number of ether oxygens (including phenoxy) is 15. The number of aldehydes is 1. The zero-order valence-corrected chi connectivity index (χ0v) is 63.3. The summed E-state index contributed by atoms with van der Waals surface area (Å²) >= 11 is 0. The lowest BCUT2D eigenvalue weighted by Crippen LogP contribution is -2.70. The summed E-state index contributed by atoms with van der Waals surface area (Å²) in [6, 6.07) is 0. The number of hydrogen-bond acceptors (Lipinski definition) is 36. The number of fused-ring (bicyclic) bond motifs is 7. The summed E-state index contributed by atoms with van der Waals surface area (Å²) in [6.07, 6.45) is -57.7. The molecule has 628 valence electrons. The van der Waals surface area contributed by atoms with Crippen molar-refractivity contribution in [3.63, 3.8) is 0 Å². The molecule has 0 unspecified atom stereocenters. The van der Waals surface area contributed by atoms with Crippen LogP contribution in [0, 0.1) is 56.2 Å². The van der Waals surface area contributed by atoms with Gasteiger partial charge in [-0.15, -0.1) is 0 Å². The maximum Gasteiger partial charge on any atom is 0.335 e. The molecule has 37 heteroatoms. The predicted molar refractivity (Wildman–Crippen MR) is 361 cm³/mol. The van der Waals surface area contributed by atoms with Gasteiger partial charge in [-0.05, 0) is 112 Å². The van der Waals surface area contributed by atoms with Gasteiger partial charge >= 0.3 is 17.9 Å². The van der Waals surface area contributed by atoms with E-state index in [0.29, 0.717) is 32.1 Å². The molecule has 0 aromatic rings. The van der Waals surface area contributed by atoms with E-state index >= 15 is 4.79 Å². The Morgan fingerprint density at radius 2 is 1.02 bits per heavy atom. The molecule has 7 saturated heterocycles. The van der Waals surface area contributed by atoms with Crippen molar-refractivity contribution in [1.82, 2.24) is 0 Å². The fourth-order valence-electron chi connectivity index (χ4n) is 20.8. The van der Waals surface area contributed by atoms with Crippen LogP contribution in [0.4, 0.5) is 0 Å². The van der Waals surface area contributed by atoms with Gasteiger partial charge in [-0.1, -0.05) is 60.1 Å². The lowest BCUT2D eigenvalue weighted by Gasteiger charge is -2.72. The summed E-state index contributed by atoms with van der Waals surface area (Å²) in [4.78, 5) is 56.9. The van der Waals surface area contributed by atoms with Crippen molar-refractivity contribution in [1.29, 1.82) is 0 Å². The Morgan fingerprint density at radius 3 is 1.60 bits per heavy atom. The zero-order valence-electron chi connectivity index (χ0n) is 63.3. The van der Waals surface area contributed by atoms with Gasteiger partial charge in [-0.3, -0.25) is 9.59 Å². The van der Waals surface area contributed by atoms with Gasteiger partial charge in [-0.2, -0.15) is 0 Å². The van der Waals surface area contributed by atoms with E-state index in [9.17, 15) is 106 Å². The summed E-state index contributed by atoms with van der Waals surface area (Å²) in [6.45, 7) is 17.5. The summed E-state index contributed by atoms with van der Waals surface area (Å²) in [5.74, 6) is -5.59. The minimum atomic E-state index is -2.24. The Hall–Kier alpha value is -3.38. The van der Waals surface area contributed by atoms with Crippen LogP contribution in [0.2, 0.25) is 0 Å². The number of allylic oxidation sites excluding steroid dienone is 2. The standard InChI is InChI=1S/C73H114O37/c1-25-38-30-12-13-35-69(8)16-15-37(103-66-57(108-64-49(90)44(85)42(83)33(21-74)102-64)54(51(92)55(106-66)59(93)94)105-61-47(88)41(82)32(78)23-97-61)70(9,24-75)34(69)14-17-71(35,10)72(30,11)20-36(79)73(38,19-18-68(25,6)7)67(95)110-65-58(56(53(28(4)100-65)101-29(5)76)107-62-48(89)43(84)39(80)26(2)98-62)109-63-50(91)45(86)52(27(3)99-63)104-60-46(87)40(81)31(77)22-96-60/h12,24-28,31-58,60-66,74,77-92H,13-23H2,1-11H3,(H,93,94)/t25-,26+,27+,28-,31-,32-,33-,34-,35-,36-,37+,38+,39+,40+,41+,42+,43-,44+,45+,46-,47-,48-,49-,50-,51+,52+,53+,54+,55+,56+,57-,58-,60+,61+,62+,63+,64+,65+,66-,69+,70+,71-,72-,73+/m1/s1. The molecule has 0 aromatic carbocycles.